The predicted molar refractivity (Wildman–Crippen MR) is 208 cm³/mol. The Hall–Kier alpha value is -7.05. The SMILES string of the molecule is c1ccc(-c2nc(-n3c4ccccc4c4ccccc43)nc(-n3c4ccccc4c4ccc5c(c6ccccc6n5-c5ccccc5)c43)n2)cc1. The topological polar surface area (TPSA) is 53.5 Å². The monoisotopic (exact) mass is 652 g/mol. The van der Waals surface area contributed by atoms with Crippen LogP contribution in [0.4, 0.5) is 0 Å². The van der Waals surface area contributed by atoms with Gasteiger partial charge in [-0.3, -0.25) is 9.13 Å². The van der Waals surface area contributed by atoms with Crippen LogP contribution in [-0.4, -0.2) is 28.7 Å². The van der Waals surface area contributed by atoms with E-state index in [1.165, 1.54) is 5.39 Å². The molecule has 11 rings (SSSR count). The summed E-state index contributed by atoms with van der Waals surface area (Å²) in [5, 5.41) is 6.93. The highest BCUT2D eigenvalue weighted by Crippen LogP contribution is 2.42. The van der Waals surface area contributed by atoms with Crippen molar-refractivity contribution in [2.45, 2.75) is 0 Å². The molecular formula is C45H28N6. The molecule has 0 amide bonds. The van der Waals surface area contributed by atoms with Crippen molar-refractivity contribution in [3.8, 4) is 29.0 Å². The molecule has 6 heteroatoms. The fourth-order valence-corrected chi connectivity index (χ4v) is 7.98. The molecular weight excluding hydrogens is 625 g/mol. The zero-order chi connectivity index (χ0) is 33.5. The van der Waals surface area contributed by atoms with E-state index in [-0.39, 0.29) is 0 Å². The van der Waals surface area contributed by atoms with Gasteiger partial charge in [-0.25, -0.2) is 0 Å². The van der Waals surface area contributed by atoms with Crippen LogP contribution < -0.4 is 0 Å². The van der Waals surface area contributed by atoms with Crippen molar-refractivity contribution in [1.29, 1.82) is 0 Å². The Balaban J connectivity index is 1.31. The lowest BCUT2D eigenvalue weighted by atomic mass is 10.1. The first-order valence-electron chi connectivity index (χ1n) is 17.1. The summed E-state index contributed by atoms with van der Waals surface area (Å²) < 4.78 is 6.78. The average molecular weight is 653 g/mol. The highest BCUT2D eigenvalue weighted by Gasteiger charge is 2.24. The summed E-state index contributed by atoms with van der Waals surface area (Å²) in [5.74, 6) is 1.75. The molecule has 0 spiro atoms. The van der Waals surface area contributed by atoms with Gasteiger partial charge >= 0.3 is 0 Å². The summed E-state index contributed by atoms with van der Waals surface area (Å²) in [6.45, 7) is 0. The lowest BCUT2D eigenvalue weighted by Crippen LogP contribution is -2.10. The molecule has 51 heavy (non-hydrogen) atoms. The third-order valence-corrected chi connectivity index (χ3v) is 10.1. The Morgan fingerprint density at radius 1 is 0.314 bits per heavy atom. The quantitative estimate of drug-likeness (QED) is 0.190. The average Bonchev–Trinajstić information content (AvgIpc) is 3.84. The van der Waals surface area contributed by atoms with Gasteiger partial charge in [0.25, 0.3) is 0 Å². The van der Waals surface area contributed by atoms with Gasteiger partial charge in [0, 0.05) is 43.6 Å². The van der Waals surface area contributed by atoms with Gasteiger partial charge < -0.3 is 4.57 Å². The van der Waals surface area contributed by atoms with Crippen LogP contribution in [0.1, 0.15) is 0 Å². The first-order chi connectivity index (χ1) is 25.3. The van der Waals surface area contributed by atoms with Gasteiger partial charge in [0.2, 0.25) is 11.9 Å². The van der Waals surface area contributed by atoms with Crippen molar-refractivity contribution in [3.05, 3.63) is 170 Å². The summed E-state index contributed by atoms with van der Waals surface area (Å²) >= 11 is 0. The number of rotatable bonds is 4. The summed E-state index contributed by atoms with van der Waals surface area (Å²) in [6, 6.07) is 59.5. The Bertz CT molecular complexity index is 3080. The Morgan fingerprint density at radius 2 is 0.784 bits per heavy atom. The molecule has 0 radical (unpaired) electrons. The molecule has 4 heterocycles. The number of hydrogen-bond donors (Lipinski definition) is 0. The normalized spacial score (nSPS) is 11.9. The van der Waals surface area contributed by atoms with Gasteiger partial charge in [-0.2, -0.15) is 15.0 Å². The van der Waals surface area contributed by atoms with Crippen LogP contribution >= 0.6 is 0 Å². The molecule has 11 aromatic rings. The number of fused-ring (bicyclic) bond motifs is 10. The summed E-state index contributed by atoms with van der Waals surface area (Å²) in [6.07, 6.45) is 0. The second kappa shape index (κ2) is 10.7. The molecule has 0 bridgehead atoms. The fourth-order valence-electron chi connectivity index (χ4n) is 7.98. The second-order valence-electron chi connectivity index (χ2n) is 12.9. The minimum atomic E-state index is 0.566. The van der Waals surface area contributed by atoms with Gasteiger partial charge in [-0.05, 0) is 42.5 Å². The molecule has 7 aromatic carbocycles. The third kappa shape index (κ3) is 4.01. The van der Waals surface area contributed by atoms with E-state index in [2.05, 4.69) is 165 Å². The van der Waals surface area contributed by atoms with Crippen LogP contribution in [0.5, 0.6) is 0 Å². The zero-order valence-electron chi connectivity index (χ0n) is 27.3. The maximum absolute atomic E-state index is 5.39. The van der Waals surface area contributed by atoms with Crippen LogP contribution in [0, 0.1) is 0 Å². The molecule has 6 nitrogen and oxygen atoms in total. The minimum Gasteiger partial charge on any atom is -0.309 e. The molecule has 0 unspecified atom stereocenters. The number of nitrogens with zero attached hydrogens (tertiary/aromatic N) is 6. The highest BCUT2D eigenvalue weighted by atomic mass is 15.3. The zero-order valence-corrected chi connectivity index (χ0v) is 27.3. The van der Waals surface area contributed by atoms with E-state index < -0.39 is 0 Å². The van der Waals surface area contributed by atoms with Crippen molar-refractivity contribution in [2.24, 2.45) is 0 Å². The largest absolute Gasteiger partial charge is 0.309 e. The van der Waals surface area contributed by atoms with Crippen LogP contribution in [-0.2, 0) is 0 Å². The van der Waals surface area contributed by atoms with Crippen molar-refractivity contribution >= 4 is 65.4 Å². The van der Waals surface area contributed by atoms with Crippen LogP contribution in [0.3, 0.4) is 0 Å². The second-order valence-corrected chi connectivity index (χ2v) is 12.9. The van der Waals surface area contributed by atoms with Crippen molar-refractivity contribution in [3.63, 3.8) is 0 Å². The van der Waals surface area contributed by atoms with Crippen LogP contribution in [0.25, 0.3) is 94.4 Å². The smallest absolute Gasteiger partial charge is 0.240 e. The molecule has 0 saturated carbocycles. The van der Waals surface area contributed by atoms with E-state index in [0.717, 1.165) is 71.3 Å². The Labute approximate surface area is 292 Å². The standard InChI is InChI=1S/C45H28N6/c1-3-15-29(16-4-1)43-46-44(50-36-23-11-7-19-31(36)32-20-8-12-24-37(32)50)48-45(47-43)51-38-25-13-9-21-33(38)34-27-28-40-41(42(34)51)35-22-10-14-26-39(35)49(40)30-17-5-2-6-18-30/h1-28H. The highest BCUT2D eigenvalue weighted by molar-refractivity contribution is 6.26. The summed E-state index contributed by atoms with van der Waals surface area (Å²) in [4.78, 5) is 15.9. The molecule has 0 N–H and O–H groups in total. The number of aromatic nitrogens is 6. The predicted octanol–water partition coefficient (Wildman–Crippen LogP) is 10.8. The first-order valence-corrected chi connectivity index (χ1v) is 17.1. The van der Waals surface area contributed by atoms with Gasteiger partial charge in [0.05, 0.1) is 33.1 Å². The maximum Gasteiger partial charge on any atom is 0.240 e. The van der Waals surface area contributed by atoms with Crippen LogP contribution in [0.2, 0.25) is 0 Å². The molecule has 0 aliphatic rings. The molecule has 0 saturated heterocycles. The number of hydrogen-bond acceptors (Lipinski definition) is 3. The molecule has 0 aliphatic heterocycles. The third-order valence-electron chi connectivity index (χ3n) is 10.1. The molecule has 4 aromatic heterocycles. The Morgan fingerprint density at radius 3 is 1.41 bits per heavy atom. The number of benzene rings is 7. The molecule has 0 aliphatic carbocycles. The van der Waals surface area contributed by atoms with Gasteiger partial charge in [-0.15, -0.1) is 0 Å². The molecule has 0 atom stereocenters. The fraction of sp³-hybridized carbons (Fsp3) is 0. The van der Waals surface area contributed by atoms with Crippen LogP contribution in [0.15, 0.2) is 170 Å². The minimum absolute atomic E-state index is 0.566. The Kier molecular flexibility index (Phi) is 5.86. The molecule has 238 valence electrons. The van der Waals surface area contributed by atoms with E-state index in [1.54, 1.807) is 0 Å². The van der Waals surface area contributed by atoms with E-state index in [4.69, 9.17) is 15.0 Å². The number of para-hydroxylation sites is 5. The maximum atomic E-state index is 5.39. The van der Waals surface area contributed by atoms with Gasteiger partial charge in [0.1, 0.15) is 0 Å². The van der Waals surface area contributed by atoms with E-state index in [0.29, 0.717) is 17.7 Å². The van der Waals surface area contributed by atoms with Gasteiger partial charge in [0.15, 0.2) is 5.82 Å². The molecule has 0 fully saturated rings. The van der Waals surface area contributed by atoms with E-state index in [9.17, 15) is 0 Å². The lowest BCUT2D eigenvalue weighted by molar-refractivity contribution is 0.894. The van der Waals surface area contributed by atoms with E-state index in [1.807, 2.05) is 18.2 Å². The first kappa shape index (κ1) is 27.9. The van der Waals surface area contributed by atoms with Crippen molar-refractivity contribution < 1.29 is 0 Å². The van der Waals surface area contributed by atoms with Crippen molar-refractivity contribution in [2.75, 3.05) is 0 Å². The van der Waals surface area contributed by atoms with E-state index >= 15 is 0 Å². The van der Waals surface area contributed by atoms with Gasteiger partial charge in [-0.1, -0.05) is 127 Å². The van der Waals surface area contributed by atoms with Crippen molar-refractivity contribution in [1.82, 2.24) is 28.7 Å². The summed E-state index contributed by atoms with van der Waals surface area (Å²) in [7, 11) is 0. The lowest BCUT2D eigenvalue weighted by Gasteiger charge is -2.13. The summed E-state index contributed by atoms with van der Waals surface area (Å²) in [5.41, 5.74) is 8.51.